The molecule has 80 valence electrons. The molecule has 0 saturated heterocycles. The monoisotopic (exact) mass is 247 g/mol. The van der Waals surface area contributed by atoms with Crippen LogP contribution in [-0.4, -0.2) is 18.7 Å². The third-order valence-electron chi connectivity index (χ3n) is 1.91. The number of primary sulfonamides is 1. The summed E-state index contributed by atoms with van der Waals surface area (Å²) in [4.78, 5) is -0.118. The highest BCUT2D eigenvalue weighted by Gasteiger charge is 2.18. The lowest BCUT2D eigenvalue weighted by molar-refractivity contribution is 0.315. The Kier molecular flexibility index (Phi) is 2.37. The third kappa shape index (κ3) is 1.69. The predicted octanol–water partition coefficient (Wildman–Crippen LogP) is 0.609. The van der Waals surface area contributed by atoms with Gasteiger partial charge in [0.1, 0.15) is 10.4 Å². The Hall–Kier alpha value is -1.18. The lowest BCUT2D eigenvalue weighted by atomic mass is 10.2. The number of rotatable bonds is 2. The molecule has 6 nitrogen and oxygen atoms in total. The van der Waals surface area contributed by atoms with Crippen LogP contribution in [-0.2, 0) is 15.9 Å². The van der Waals surface area contributed by atoms with E-state index in [0.29, 0.717) is 11.1 Å². The van der Waals surface area contributed by atoms with Crippen molar-refractivity contribution in [3.8, 4) is 0 Å². The molecule has 0 fully saturated rings. The molecule has 2 N–H and O–H groups in total. The molecule has 1 aromatic heterocycles. The SMILES string of the molecule is NS(=O)(=O)c1ccc(CCl)c2nonc12. The first-order valence-corrected chi connectivity index (χ1v) is 5.95. The van der Waals surface area contributed by atoms with Crippen LogP contribution >= 0.6 is 11.6 Å². The van der Waals surface area contributed by atoms with Crippen molar-refractivity contribution in [3.63, 3.8) is 0 Å². The molecular weight excluding hydrogens is 242 g/mol. The van der Waals surface area contributed by atoms with Crippen molar-refractivity contribution in [3.05, 3.63) is 17.7 Å². The molecule has 0 aliphatic rings. The topological polar surface area (TPSA) is 99.1 Å². The first kappa shape index (κ1) is 10.3. The van der Waals surface area contributed by atoms with Crippen LogP contribution in [0.4, 0.5) is 0 Å². The van der Waals surface area contributed by atoms with Gasteiger partial charge in [-0.15, -0.1) is 11.6 Å². The van der Waals surface area contributed by atoms with E-state index in [1.54, 1.807) is 0 Å². The molecule has 0 aliphatic heterocycles. The summed E-state index contributed by atoms with van der Waals surface area (Å²) in [6.45, 7) is 0. The molecular formula is C7H6ClN3O3S. The molecule has 0 unspecified atom stereocenters. The quantitative estimate of drug-likeness (QED) is 0.784. The molecule has 0 atom stereocenters. The lowest BCUT2D eigenvalue weighted by Crippen LogP contribution is -2.12. The van der Waals surface area contributed by atoms with E-state index in [9.17, 15) is 8.42 Å². The Morgan fingerprint density at radius 2 is 2.00 bits per heavy atom. The standard InChI is InChI=1S/C7H6ClN3O3S/c8-3-4-1-2-5(15(9,12)13)7-6(4)10-14-11-7/h1-2H,3H2,(H2,9,12,13). The molecule has 1 heterocycles. The lowest BCUT2D eigenvalue weighted by Gasteiger charge is -1.99. The highest BCUT2D eigenvalue weighted by molar-refractivity contribution is 7.89. The minimum atomic E-state index is -3.83. The number of alkyl halides is 1. The molecule has 2 aromatic rings. The Morgan fingerprint density at radius 1 is 1.33 bits per heavy atom. The molecule has 0 amide bonds. The average molecular weight is 248 g/mol. The maximum absolute atomic E-state index is 11.2. The van der Waals surface area contributed by atoms with E-state index >= 15 is 0 Å². The van der Waals surface area contributed by atoms with E-state index in [1.165, 1.54) is 12.1 Å². The van der Waals surface area contributed by atoms with Crippen molar-refractivity contribution in [1.82, 2.24) is 10.3 Å². The van der Waals surface area contributed by atoms with Gasteiger partial charge in [0.05, 0.1) is 0 Å². The van der Waals surface area contributed by atoms with Crippen LogP contribution in [0.15, 0.2) is 21.7 Å². The fraction of sp³-hybridized carbons (Fsp3) is 0.143. The first-order chi connectivity index (χ1) is 7.04. The number of aromatic nitrogens is 2. The van der Waals surface area contributed by atoms with Gasteiger partial charge in [-0.05, 0) is 21.9 Å². The summed E-state index contributed by atoms with van der Waals surface area (Å²) in [5.41, 5.74) is 1.06. The van der Waals surface area contributed by atoms with Gasteiger partial charge in [0.15, 0.2) is 5.52 Å². The van der Waals surface area contributed by atoms with Crippen molar-refractivity contribution in [2.45, 2.75) is 10.8 Å². The number of nitrogens with two attached hydrogens (primary N) is 1. The Balaban J connectivity index is 2.86. The molecule has 0 saturated carbocycles. The van der Waals surface area contributed by atoms with Gasteiger partial charge in [-0.1, -0.05) is 6.07 Å². The van der Waals surface area contributed by atoms with Crippen LogP contribution < -0.4 is 5.14 Å². The molecule has 15 heavy (non-hydrogen) atoms. The molecule has 2 rings (SSSR count). The van der Waals surface area contributed by atoms with E-state index in [0.717, 1.165) is 0 Å². The summed E-state index contributed by atoms with van der Waals surface area (Å²) in [7, 11) is -3.83. The summed E-state index contributed by atoms with van der Waals surface area (Å²) in [6.07, 6.45) is 0. The maximum atomic E-state index is 11.2. The van der Waals surface area contributed by atoms with Crippen LogP contribution in [0.5, 0.6) is 0 Å². The third-order valence-corrected chi connectivity index (χ3v) is 3.14. The van der Waals surface area contributed by atoms with E-state index in [4.69, 9.17) is 16.7 Å². The number of nitrogens with zero attached hydrogens (tertiary/aromatic N) is 2. The smallest absolute Gasteiger partial charge is 0.240 e. The zero-order chi connectivity index (χ0) is 11.1. The number of hydrogen-bond donors (Lipinski definition) is 1. The number of sulfonamides is 1. The molecule has 0 bridgehead atoms. The van der Waals surface area contributed by atoms with Crippen molar-refractivity contribution in [1.29, 1.82) is 0 Å². The van der Waals surface area contributed by atoms with Gasteiger partial charge in [-0.3, -0.25) is 0 Å². The van der Waals surface area contributed by atoms with Gasteiger partial charge in [0, 0.05) is 5.88 Å². The highest BCUT2D eigenvalue weighted by atomic mass is 35.5. The zero-order valence-electron chi connectivity index (χ0n) is 7.34. The van der Waals surface area contributed by atoms with Gasteiger partial charge >= 0.3 is 0 Å². The van der Waals surface area contributed by atoms with Crippen LogP contribution in [0.2, 0.25) is 0 Å². The number of halogens is 1. The molecule has 0 spiro atoms. The minimum Gasteiger partial charge on any atom is -0.243 e. The second-order valence-corrected chi connectivity index (χ2v) is 4.66. The van der Waals surface area contributed by atoms with E-state index in [-0.39, 0.29) is 16.3 Å². The molecule has 1 aromatic carbocycles. The second-order valence-electron chi connectivity index (χ2n) is 2.86. The maximum Gasteiger partial charge on any atom is 0.240 e. The summed E-state index contributed by atoms with van der Waals surface area (Å²) >= 11 is 5.64. The molecule has 0 radical (unpaired) electrons. The zero-order valence-corrected chi connectivity index (χ0v) is 8.92. The van der Waals surface area contributed by atoms with Gasteiger partial charge in [-0.25, -0.2) is 18.2 Å². The van der Waals surface area contributed by atoms with Gasteiger partial charge in [0.25, 0.3) is 0 Å². The summed E-state index contributed by atoms with van der Waals surface area (Å²) in [5.74, 6) is 0.190. The van der Waals surface area contributed by atoms with Crippen LogP contribution in [0.25, 0.3) is 11.0 Å². The van der Waals surface area contributed by atoms with Gasteiger partial charge in [-0.2, -0.15) is 0 Å². The summed E-state index contributed by atoms with van der Waals surface area (Å²) < 4.78 is 26.8. The van der Waals surface area contributed by atoms with Crippen molar-refractivity contribution < 1.29 is 13.0 Å². The van der Waals surface area contributed by atoms with Gasteiger partial charge < -0.3 is 0 Å². The largest absolute Gasteiger partial charge is 0.243 e. The van der Waals surface area contributed by atoms with Gasteiger partial charge in [0.2, 0.25) is 10.0 Å². The second kappa shape index (κ2) is 3.44. The normalized spacial score (nSPS) is 12.1. The average Bonchev–Trinajstić information content (AvgIpc) is 2.62. The van der Waals surface area contributed by atoms with Crippen LogP contribution in [0.3, 0.4) is 0 Å². The Morgan fingerprint density at radius 3 is 2.60 bits per heavy atom. The van der Waals surface area contributed by atoms with Crippen molar-refractivity contribution in [2.75, 3.05) is 0 Å². The van der Waals surface area contributed by atoms with Crippen LogP contribution in [0, 0.1) is 0 Å². The highest BCUT2D eigenvalue weighted by Crippen LogP contribution is 2.23. The first-order valence-electron chi connectivity index (χ1n) is 3.87. The summed E-state index contributed by atoms with van der Waals surface area (Å²) in [6, 6.07) is 2.86. The Bertz CT molecular complexity index is 607. The predicted molar refractivity (Wildman–Crippen MR) is 52.7 cm³/mol. The van der Waals surface area contributed by atoms with E-state index in [1.807, 2.05) is 0 Å². The number of fused-ring (bicyclic) bond motifs is 1. The molecule has 8 heteroatoms. The fourth-order valence-corrected chi connectivity index (χ4v) is 2.11. The number of benzene rings is 1. The summed E-state index contributed by atoms with van der Waals surface area (Å²) in [5, 5.41) is 12.1. The van der Waals surface area contributed by atoms with Crippen LogP contribution in [0.1, 0.15) is 5.56 Å². The molecule has 0 aliphatic carbocycles. The van der Waals surface area contributed by atoms with E-state index in [2.05, 4.69) is 14.9 Å². The van der Waals surface area contributed by atoms with E-state index < -0.39 is 10.0 Å². The van der Waals surface area contributed by atoms with Crippen molar-refractivity contribution >= 4 is 32.7 Å². The fourth-order valence-electron chi connectivity index (χ4n) is 1.23. The Labute approximate surface area is 90.0 Å². The van der Waals surface area contributed by atoms with Crippen molar-refractivity contribution in [2.24, 2.45) is 5.14 Å². The number of hydrogen-bond acceptors (Lipinski definition) is 5. The minimum absolute atomic E-state index is 0.107.